The highest BCUT2D eigenvalue weighted by molar-refractivity contribution is 5.94. The Morgan fingerprint density at radius 1 is 1.00 bits per heavy atom. The monoisotopic (exact) mass is 315 g/mol. The molecule has 0 saturated carbocycles. The van der Waals surface area contributed by atoms with Gasteiger partial charge in [-0.1, -0.05) is 12.1 Å². The van der Waals surface area contributed by atoms with Crippen LogP contribution < -0.4 is 19.5 Å². The molecule has 23 heavy (non-hydrogen) atoms. The van der Waals surface area contributed by atoms with E-state index in [1.54, 1.807) is 32.4 Å². The summed E-state index contributed by atoms with van der Waals surface area (Å²) in [5.74, 6) is 1.95. The second-order valence-electron chi connectivity index (χ2n) is 4.94. The van der Waals surface area contributed by atoms with Gasteiger partial charge in [-0.05, 0) is 42.8 Å². The van der Waals surface area contributed by atoms with E-state index in [0.29, 0.717) is 30.2 Å². The van der Waals surface area contributed by atoms with Gasteiger partial charge in [0.15, 0.2) is 11.5 Å². The Bertz CT molecular complexity index is 670. The van der Waals surface area contributed by atoms with Gasteiger partial charge in [0, 0.05) is 5.56 Å². The zero-order chi connectivity index (χ0) is 16.7. The van der Waals surface area contributed by atoms with Crippen molar-refractivity contribution in [2.24, 2.45) is 0 Å². The summed E-state index contributed by atoms with van der Waals surface area (Å²) in [6, 6.07) is 12.7. The van der Waals surface area contributed by atoms with Gasteiger partial charge >= 0.3 is 0 Å². The van der Waals surface area contributed by atoms with Gasteiger partial charge in [0.25, 0.3) is 5.91 Å². The summed E-state index contributed by atoms with van der Waals surface area (Å²) in [5.41, 5.74) is 1.52. The standard InChI is InChI=1S/C18H21NO4/c1-13-12-14(8-9-15(13)21-2)18(20)19-10-11-23-17-7-5-4-6-16(17)22-3/h4-9,12H,10-11H2,1-3H3,(H,19,20). The Morgan fingerprint density at radius 3 is 2.35 bits per heavy atom. The normalized spacial score (nSPS) is 10.0. The average molecular weight is 315 g/mol. The highest BCUT2D eigenvalue weighted by atomic mass is 16.5. The van der Waals surface area contributed by atoms with Crippen molar-refractivity contribution in [1.82, 2.24) is 5.32 Å². The van der Waals surface area contributed by atoms with E-state index in [9.17, 15) is 4.79 Å². The molecule has 0 radical (unpaired) electrons. The van der Waals surface area contributed by atoms with Gasteiger partial charge in [0.1, 0.15) is 12.4 Å². The first kappa shape index (κ1) is 16.7. The number of hydrogen-bond acceptors (Lipinski definition) is 4. The molecule has 1 amide bonds. The van der Waals surface area contributed by atoms with Crippen LogP contribution in [-0.4, -0.2) is 33.3 Å². The number of carbonyl (C=O) groups is 1. The first-order valence-corrected chi connectivity index (χ1v) is 7.34. The molecule has 2 aromatic carbocycles. The van der Waals surface area contributed by atoms with Crippen LogP contribution in [0, 0.1) is 6.92 Å². The molecule has 0 aromatic heterocycles. The van der Waals surface area contributed by atoms with Crippen LogP contribution >= 0.6 is 0 Å². The summed E-state index contributed by atoms with van der Waals surface area (Å²) < 4.78 is 16.0. The third-order valence-corrected chi connectivity index (χ3v) is 3.37. The van der Waals surface area contributed by atoms with Gasteiger partial charge in [-0.15, -0.1) is 0 Å². The molecule has 0 bridgehead atoms. The summed E-state index contributed by atoms with van der Waals surface area (Å²) in [7, 11) is 3.20. The van der Waals surface area contributed by atoms with E-state index in [-0.39, 0.29) is 5.91 Å². The average Bonchev–Trinajstić information content (AvgIpc) is 2.58. The Hall–Kier alpha value is -2.69. The maximum Gasteiger partial charge on any atom is 0.251 e. The summed E-state index contributed by atoms with van der Waals surface area (Å²) in [6.45, 7) is 2.67. The molecule has 0 saturated heterocycles. The highest BCUT2D eigenvalue weighted by Gasteiger charge is 2.08. The largest absolute Gasteiger partial charge is 0.496 e. The van der Waals surface area contributed by atoms with E-state index < -0.39 is 0 Å². The van der Waals surface area contributed by atoms with Gasteiger partial charge in [0.05, 0.1) is 20.8 Å². The van der Waals surface area contributed by atoms with Crippen LogP contribution in [0.4, 0.5) is 0 Å². The van der Waals surface area contributed by atoms with Crippen LogP contribution in [0.2, 0.25) is 0 Å². The summed E-state index contributed by atoms with van der Waals surface area (Å²) in [4.78, 5) is 12.1. The molecule has 5 nitrogen and oxygen atoms in total. The van der Waals surface area contributed by atoms with Crippen molar-refractivity contribution in [3.63, 3.8) is 0 Å². The van der Waals surface area contributed by atoms with Crippen molar-refractivity contribution in [3.8, 4) is 17.2 Å². The molecule has 0 aliphatic carbocycles. The minimum absolute atomic E-state index is 0.139. The van der Waals surface area contributed by atoms with Crippen LogP contribution in [0.1, 0.15) is 15.9 Å². The van der Waals surface area contributed by atoms with Crippen molar-refractivity contribution < 1.29 is 19.0 Å². The molecule has 5 heteroatoms. The van der Waals surface area contributed by atoms with Crippen molar-refractivity contribution >= 4 is 5.91 Å². The fourth-order valence-electron chi connectivity index (χ4n) is 2.19. The third kappa shape index (κ3) is 4.39. The second-order valence-corrected chi connectivity index (χ2v) is 4.94. The quantitative estimate of drug-likeness (QED) is 0.798. The molecule has 0 heterocycles. The van der Waals surface area contributed by atoms with Gasteiger partial charge in [-0.3, -0.25) is 4.79 Å². The number of ether oxygens (including phenoxy) is 3. The molecule has 0 atom stereocenters. The van der Waals surface area contributed by atoms with E-state index in [1.807, 2.05) is 31.2 Å². The number of aryl methyl sites for hydroxylation is 1. The molecule has 2 aromatic rings. The van der Waals surface area contributed by atoms with Crippen molar-refractivity contribution in [3.05, 3.63) is 53.6 Å². The lowest BCUT2D eigenvalue weighted by atomic mass is 10.1. The minimum Gasteiger partial charge on any atom is -0.496 e. The molecule has 1 N–H and O–H groups in total. The topological polar surface area (TPSA) is 56.8 Å². The Labute approximate surface area is 136 Å². The van der Waals surface area contributed by atoms with Crippen LogP contribution in [-0.2, 0) is 0 Å². The van der Waals surface area contributed by atoms with Crippen LogP contribution in [0.15, 0.2) is 42.5 Å². The highest BCUT2D eigenvalue weighted by Crippen LogP contribution is 2.25. The van der Waals surface area contributed by atoms with Gasteiger partial charge in [-0.25, -0.2) is 0 Å². The molecule has 122 valence electrons. The molecule has 0 unspecified atom stereocenters. The number of amides is 1. The lowest BCUT2D eigenvalue weighted by Gasteiger charge is -2.11. The minimum atomic E-state index is -0.139. The molecule has 0 aliphatic heterocycles. The summed E-state index contributed by atoms with van der Waals surface area (Å²) in [6.07, 6.45) is 0. The fourth-order valence-corrected chi connectivity index (χ4v) is 2.19. The number of methoxy groups -OCH3 is 2. The van der Waals surface area contributed by atoms with E-state index in [4.69, 9.17) is 14.2 Å². The first-order chi connectivity index (χ1) is 11.2. The third-order valence-electron chi connectivity index (χ3n) is 3.37. The number of benzene rings is 2. The van der Waals surface area contributed by atoms with Crippen molar-refractivity contribution in [1.29, 1.82) is 0 Å². The number of rotatable bonds is 7. The zero-order valence-corrected chi connectivity index (χ0v) is 13.6. The van der Waals surface area contributed by atoms with Crippen molar-refractivity contribution in [2.75, 3.05) is 27.4 Å². The Balaban J connectivity index is 1.84. The molecular formula is C18H21NO4. The second kappa shape index (κ2) is 8.08. The first-order valence-electron chi connectivity index (χ1n) is 7.34. The Morgan fingerprint density at radius 2 is 1.70 bits per heavy atom. The van der Waals surface area contributed by atoms with Crippen LogP contribution in [0.5, 0.6) is 17.2 Å². The van der Waals surface area contributed by atoms with E-state index in [1.165, 1.54) is 0 Å². The SMILES string of the molecule is COc1ccc(C(=O)NCCOc2ccccc2OC)cc1C. The number of nitrogens with one attached hydrogen (secondary N) is 1. The lowest BCUT2D eigenvalue weighted by Crippen LogP contribution is -2.28. The van der Waals surface area contributed by atoms with E-state index in [2.05, 4.69) is 5.32 Å². The molecule has 2 rings (SSSR count). The smallest absolute Gasteiger partial charge is 0.251 e. The molecule has 0 fully saturated rings. The Kier molecular flexibility index (Phi) is 5.86. The molecule has 0 spiro atoms. The maximum absolute atomic E-state index is 12.1. The van der Waals surface area contributed by atoms with Gasteiger partial charge < -0.3 is 19.5 Å². The summed E-state index contributed by atoms with van der Waals surface area (Å²) >= 11 is 0. The predicted molar refractivity (Wildman–Crippen MR) is 88.6 cm³/mol. The molecule has 0 aliphatic rings. The maximum atomic E-state index is 12.1. The van der Waals surface area contributed by atoms with Crippen molar-refractivity contribution in [2.45, 2.75) is 6.92 Å². The number of hydrogen-bond donors (Lipinski definition) is 1. The van der Waals surface area contributed by atoms with Crippen LogP contribution in [0.3, 0.4) is 0 Å². The van der Waals surface area contributed by atoms with Crippen LogP contribution in [0.25, 0.3) is 0 Å². The number of para-hydroxylation sites is 2. The fraction of sp³-hybridized carbons (Fsp3) is 0.278. The van der Waals surface area contributed by atoms with Gasteiger partial charge in [-0.2, -0.15) is 0 Å². The predicted octanol–water partition coefficient (Wildman–Crippen LogP) is 2.82. The number of carbonyl (C=O) groups excluding carboxylic acids is 1. The van der Waals surface area contributed by atoms with Gasteiger partial charge in [0.2, 0.25) is 0 Å². The zero-order valence-electron chi connectivity index (χ0n) is 13.6. The summed E-state index contributed by atoms with van der Waals surface area (Å²) in [5, 5.41) is 2.83. The van der Waals surface area contributed by atoms with E-state index >= 15 is 0 Å². The lowest BCUT2D eigenvalue weighted by molar-refractivity contribution is 0.0946. The van der Waals surface area contributed by atoms with E-state index in [0.717, 1.165) is 11.3 Å². The molecular weight excluding hydrogens is 294 g/mol.